The van der Waals surface area contributed by atoms with Crippen LogP contribution in [0.3, 0.4) is 0 Å². The average Bonchev–Trinajstić information content (AvgIpc) is 3.33. The van der Waals surface area contributed by atoms with E-state index in [1.54, 1.807) is 11.8 Å². The zero-order valence-electron chi connectivity index (χ0n) is 19.0. The normalized spacial score (nSPS) is 17.9. The Hall–Kier alpha value is -3.66. The van der Waals surface area contributed by atoms with E-state index in [4.69, 9.17) is 4.84 Å². The summed E-state index contributed by atoms with van der Waals surface area (Å²) in [6.07, 6.45) is -2.62. The molecule has 35 heavy (non-hydrogen) atoms. The largest absolute Gasteiger partial charge is 0.421 e. The van der Waals surface area contributed by atoms with Crippen LogP contribution in [0.25, 0.3) is 0 Å². The quantitative estimate of drug-likeness (QED) is 0.562. The second kappa shape index (κ2) is 9.18. The lowest BCUT2D eigenvalue weighted by Crippen LogP contribution is -2.34. The zero-order valence-corrected chi connectivity index (χ0v) is 19.0. The van der Waals surface area contributed by atoms with Crippen molar-refractivity contribution >= 4 is 23.4 Å². The summed E-state index contributed by atoms with van der Waals surface area (Å²) < 4.78 is 41.6. The first-order valence-electron chi connectivity index (χ1n) is 11.4. The Morgan fingerprint density at radius 1 is 1.14 bits per heavy atom. The molecule has 0 aliphatic carbocycles. The van der Waals surface area contributed by atoms with Gasteiger partial charge in [0.15, 0.2) is 5.82 Å². The lowest BCUT2D eigenvalue weighted by atomic mass is 9.99. The first kappa shape index (κ1) is 23.1. The molecule has 1 saturated heterocycles. The van der Waals surface area contributed by atoms with E-state index in [0.29, 0.717) is 31.6 Å². The minimum absolute atomic E-state index is 0.0291. The number of nitrogens with zero attached hydrogens (tertiary/aromatic N) is 4. The van der Waals surface area contributed by atoms with Crippen molar-refractivity contribution in [2.24, 2.45) is 0 Å². The van der Waals surface area contributed by atoms with Gasteiger partial charge in [0, 0.05) is 38.3 Å². The summed E-state index contributed by atoms with van der Waals surface area (Å²) in [7, 11) is 0. The number of benzene rings is 2. The van der Waals surface area contributed by atoms with Gasteiger partial charge in [-0.3, -0.25) is 9.63 Å². The molecular formula is C25H24F3N5O2. The molecule has 182 valence electrons. The Balaban J connectivity index is 1.45. The molecule has 1 N–H and O–H groups in total. The maximum absolute atomic E-state index is 13.9. The predicted molar refractivity (Wildman–Crippen MR) is 124 cm³/mol. The molecule has 1 atom stereocenters. The van der Waals surface area contributed by atoms with Gasteiger partial charge in [-0.15, -0.1) is 0 Å². The van der Waals surface area contributed by atoms with Gasteiger partial charge in [-0.05, 0) is 35.2 Å². The van der Waals surface area contributed by atoms with E-state index in [-0.39, 0.29) is 24.3 Å². The van der Waals surface area contributed by atoms with Crippen LogP contribution in [-0.4, -0.2) is 33.9 Å². The van der Waals surface area contributed by atoms with Gasteiger partial charge in [0.05, 0.1) is 12.6 Å². The number of fused-ring (bicyclic) bond motifs is 1. The number of aromatic nitrogens is 2. The fourth-order valence-electron chi connectivity index (χ4n) is 4.49. The Bertz CT molecular complexity index is 1240. The molecule has 3 heterocycles. The van der Waals surface area contributed by atoms with E-state index in [2.05, 4.69) is 15.3 Å². The summed E-state index contributed by atoms with van der Waals surface area (Å²) in [6.45, 7) is 3.00. The summed E-state index contributed by atoms with van der Waals surface area (Å²) in [4.78, 5) is 27.3. The van der Waals surface area contributed by atoms with Crippen LogP contribution in [0, 0.1) is 0 Å². The third kappa shape index (κ3) is 4.79. The number of nitrogens with one attached hydrogen (secondary N) is 1. The molecule has 2 aromatic carbocycles. The number of alkyl halides is 3. The van der Waals surface area contributed by atoms with Crippen LogP contribution < -0.4 is 10.4 Å². The number of halogens is 3. The Morgan fingerprint density at radius 3 is 2.69 bits per heavy atom. The van der Waals surface area contributed by atoms with Crippen molar-refractivity contribution in [1.82, 2.24) is 14.9 Å². The summed E-state index contributed by atoms with van der Waals surface area (Å²) in [5.41, 5.74) is 2.67. The van der Waals surface area contributed by atoms with Gasteiger partial charge in [-0.25, -0.2) is 10.0 Å². The standard InChI is InChI=1S/C25H24F3N5O2/c1-16(34)32-11-9-18-13-20(8-7-19(18)15-32)30-24-29-14-21(25(26,27)28)23(31-24)33-22(10-12-35-33)17-5-3-2-4-6-17/h2-8,13-14,22H,9-12,15H2,1H3,(H,29,30,31)/t22-/m0/s1. The molecule has 7 nitrogen and oxygen atoms in total. The molecule has 2 aliphatic heterocycles. The van der Waals surface area contributed by atoms with E-state index in [1.807, 2.05) is 48.5 Å². The van der Waals surface area contributed by atoms with Gasteiger partial charge >= 0.3 is 6.18 Å². The lowest BCUT2D eigenvalue weighted by molar-refractivity contribution is -0.138. The lowest BCUT2D eigenvalue weighted by Gasteiger charge is -2.28. The third-order valence-electron chi connectivity index (χ3n) is 6.29. The van der Waals surface area contributed by atoms with Crippen molar-refractivity contribution in [3.63, 3.8) is 0 Å². The van der Waals surface area contributed by atoms with Gasteiger partial charge in [0.1, 0.15) is 5.56 Å². The third-order valence-corrected chi connectivity index (χ3v) is 6.29. The highest BCUT2D eigenvalue weighted by molar-refractivity contribution is 5.73. The van der Waals surface area contributed by atoms with Gasteiger partial charge < -0.3 is 10.2 Å². The molecule has 3 aromatic rings. The van der Waals surface area contributed by atoms with Gasteiger partial charge in [0.2, 0.25) is 11.9 Å². The van der Waals surface area contributed by atoms with Crippen LogP contribution in [0.5, 0.6) is 0 Å². The second-order valence-corrected chi connectivity index (χ2v) is 8.60. The van der Waals surface area contributed by atoms with Gasteiger partial charge in [-0.2, -0.15) is 18.2 Å². The highest BCUT2D eigenvalue weighted by atomic mass is 19.4. The van der Waals surface area contributed by atoms with Gasteiger partial charge in [0.25, 0.3) is 0 Å². The molecule has 0 bridgehead atoms. The number of hydrogen-bond acceptors (Lipinski definition) is 6. The monoisotopic (exact) mass is 483 g/mol. The van der Waals surface area contributed by atoms with Crippen molar-refractivity contribution in [2.75, 3.05) is 23.5 Å². The van der Waals surface area contributed by atoms with Gasteiger partial charge in [-0.1, -0.05) is 36.4 Å². The van der Waals surface area contributed by atoms with Crippen LogP contribution in [0.4, 0.5) is 30.6 Å². The number of anilines is 3. The smallest absolute Gasteiger partial charge is 0.338 e. The van der Waals surface area contributed by atoms with Crippen LogP contribution in [0.2, 0.25) is 0 Å². The molecule has 5 rings (SSSR count). The highest BCUT2D eigenvalue weighted by Crippen LogP contribution is 2.41. The van der Waals surface area contributed by atoms with Crippen molar-refractivity contribution in [2.45, 2.75) is 38.5 Å². The molecule has 1 fully saturated rings. The molecule has 0 radical (unpaired) electrons. The predicted octanol–water partition coefficient (Wildman–Crippen LogP) is 5.03. The fourth-order valence-corrected chi connectivity index (χ4v) is 4.49. The Morgan fingerprint density at radius 2 is 1.94 bits per heavy atom. The van der Waals surface area contributed by atoms with E-state index in [9.17, 15) is 18.0 Å². The van der Waals surface area contributed by atoms with E-state index in [0.717, 1.165) is 22.9 Å². The molecule has 0 unspecified atom stereocenters. The average molecular weight is 483 g/mol. The number of rotatable bonds is 4. The molecule has 1 amide bonds. The molecular weight excluding hydrogens is 459 g/mol. The minimum Gasteiger partial charge on any atom is -0.338 e. The van der Waals surface area contributed by atoms with Crippen molar-refractivity contribution < 1.29 is 22.8 Å². The molecule has 1 aromatic heterocycles. The second-order valence-electron chi connectivity index (χ2n) is 8.60. The van der Waals surface area contributed by atoms with Crippen LogP contribution >= 0.6 is 0 Å². The topological polar surface area (TPSA) is 70.6 Å². The minimum atomic E-state index is -4.64. The van der Waals surface area contributed by atoms with E-state index < -0.39 is 17.8 Å². The maximum atomic E-state index is 13.9. The summed E-state index contributed by atoms with van der Waals surface area (Å²) in [5, 5.41) is 4.28. The molecule has 2 aliphatic rings. The maximum Gasteiger partial charge on any atom is 0.421 e. The SMILES string of the molecule is CC(=O)N1CCc2cc(Nc3ncc(C(F)(F)F)c(N4OCC[C@H]4c4ccccc4)n3)ccc2C1. The Kier molecular flexibility index (Phi) is 6.06. The molecule has 0 saturated carbocycles. The summed E-state index contributed by atoms with van der Waals surface area (Å²) in [6, 6.07) is 14.5. The highest BCUT2D eigenvalue weighted by Gasteiger charge is 2.40. The number of carbonyl (C=O) groups excluding carboxylic acids is 1. The first-order chi connectivity index (χ1) is 16.8. The van der Waals surface area contributed by atoms with Crippen LogP contribution in [0.1, 0.15) is 41.6 Å². The van der Waals surface area contributed by atoms with E-state index >= 15 is 0 Å². The zero-order chi connectivity index (χ0) is 24.6. The van der Waals surface area contributed by atoms with Crippen molar-refractivity contribution in [3.8, 4) is 0 Å². The number of hydroxylamine groups is 1. The van der Waals surface area contributed by atoms with Crippen LogP contribution in [0.15, 0.2) is 54.7 Å². The van der Waals surface area contributed by atoms with Crippen molar-refractivity contribution in [1.29, 1.82) is 0 Å². The number of amides is 1. The molecule has 10 heteroatoms. The Labute approximate surface area is 200 Å². The summed E-state index contributed by atoms with van der Waals surface area (Å²) >= 11 is 0. The van der Waals surface area contributed by atoms with Crippen molar-refractivity contribution in [3.05, 3.63) is 77.0 Å². The number of carbonyl (C=O) groups is 1. The van der Waals surface area contributed by atoms with E-state index in [1.165, 1.54) is 5.06 Å². The first-order valence-corrected chi connectivity index (χ1v) is 11.4. The molecule has 0 spiro atoms. The fraction of sp³-hybridized carbons (Fsp3) is 0.320. The van der Waals surface area contributed by atoms with Crippen LogP contribution in [-0.2, 0) is 28.8 Å². The summed E-state index contributed by atoms with van der Waals surface area (Å²) in [5.74, 6) is -0.255. The number of hydrogen-bond donors (Lipinski definition) is 1.